The number of nitrogens with one attached hydrogen (secondary N) is 3. The van der Waals surface area contributed by atoms with E-state index in [1.165, 1.54) is 0 Å². The van der Waals surface area contributed by atoms with E-state index in [9.17, 15) is 14.5 Å². The summed E-state index contributed by atoms with van der Waals surface area (Å²) in [5.41, 5.74) is 3.05. The van der Waals surface area contributed by atoms with Crippen LogP contribution >= 0.6 is 0 Å². The lowest BCUT2D eigenvalue weighted by Crippen LogP contribution is -2.07. The number of hydrogen-bond acceptors (Lipinski definition) is 9. The summed E-state index contributed by atoms with van der Waals surface area (Å²) < 4.78 is 13.8. The molecule has 28 heavy (non-hydrogen) atoms. The Balaban J connectivity index is 1.78. The fourth-order valence-electron chi connectivity index (χ4n) is 2.15. The molecule has 1 heterocycles. The average Bonchev–Trinajstić information content (AvgIpc) is 2.69. The van der Waals surface area contributed by atoms with Gasteiger partial charge in [0.05, 0.1) is 11.1 Å². The van der Waals surface area contributed by atoms with E-state index in [1.807, 2.05) is 30.3 Å². The SMILES string of the molecule is CNc1nc(N/N=C/c2cc([N+](=O)[O-])ccc2F)nc(Nc2ccccc2)n1. The fraction of sp³-hybridized carbons (Fsp3) is 0.0588. The molecule has 2 aromatic carbocycles. The average molecular weight is 382 g/mol. The lowest BCUT2D eigenvalue weighted by Gasteiger charge is -2.08. The van der Waals surface area contributed by atoms with Crippen LogP contribution in [-0.4, -0.2) is 33.1 Å². The third kappa shape index (κ3) is 4.72. The highest BCUT2D eigenvalue weighted by Crippen LogP contribution is 2.17. The van der Waals surface area contributed by atoms with Crippen molar-refractivity contribution in [2.75, 3.05) is 23.1 Å². The Morgan fingerprint density at radius 2 is 1.79 bits per heavy atom. The monoisotopic (exact) mass is 382 g/mol. The van der Waals surface area contributed by atoms with Gasteiger partial charge in [-0.1, -0.05) is 18.2 Å². The number of benzene rings is 2. The van der Waals surface area contributed by atoms with Crippen LogP contribution < -0.4 is 16.1 Å². The first-order valence-corrected chi connectivity index (χ1v) is 8.04. The zero-order chi connectivity index (χ0) is 19.9. The van der Waals surface area contributed by atoms with Gasteiger partial charge in [-0.2, -0.15) is 20.1 Å². The quantitative estimate of drug-likeness (QED) is 0.323. The first kappa shape index (κ1) is 18.6. The van der Waals surface area contributed by atoms with Crippen LogP contribution in [0.2, 0.25) is 0 Å². The number of nitro groups is 1. The molecular formula is C17H15FN8O2. The van der Waals surface area contributed by atoms with Crippen molar-refractivity contribution in [3.63, 3.8) is 0 Å². The molecule has 0 saturated heterocycles. The van der Waals surface area contributed by atoms with Crippen LogP contribution in [0.15, 0.2) is 53.6 Å². The van der Waals surface area contributed by atoms with E-state index in [2.05, 4.69) is 36.1 Å². The zero-order valence-electron chi connectivity index (χ0n) is 14.6. The van der Waals surface area contributed by atoms with Crippen molar-refractivity contribution in [1.29, 1.82) is 0 Å². The van der Waals surface area contributed by atoms with Crippen molar-refractivity contribution in [1.82, 2.24) is 15.0 Å². The van der Waals surface area contributed by atoms with Gasteiger partial charge in [0.15, 0.2) is 0 Å². The second-order valence-corrected chi connectivity index (χ2v) is 5.38. The molecule has 0 aliphatic rings. The maximum absolute atomic E-state index is 13.8. The maximum atomic E-state index is 13.8. The van der Waals surface area contributed by atoms with E-state index in [-0.39, 0.29) is 29.1 Å². The van der Waals surface area contributed by atoms with Crippen LogP contribution in [0.1, 0.15) is 5.56 Å². The summed E-state index contributed by atoms with van der Waals surface area (Å²) in [6, 6.07) is 12.5. The minimum absolute atomic E-state index is 0.0489. The minimum Gasteiger partial charge on any atom is -0.357 e. The molecule has 0 radical (unpaired) electrons. The summed E-state index contributed by atoms with van der Waals surface area (Å²) in [6.45, 7) is 0. The largest absolute Gasteiger partial charge is 0.357 e. The number of hydrazone groups is 1. The number of para-hydroxylation sites is 1. The van der Waals surface area contributed by atoms with Crippen LogP contribution in [-0.2, 0) is 0 Å². The molecule has 0 fully saturated rings. The number of nitro benzene ring substituents is 1. The van der Waals surface area contributed by atoms with Crippen molar-refractivity contribution < 1.29 is 9.31 Å². The second kappa shape index (κ2) is 8.49. The first-order chi connectivity index (χ1) is 13.5. The molecule has 0 atom stereocenters. The lowest BCUT2D eigenvalue weighted by atomic mass is 10.2. The molecule has 0 aliphatic heterocycles. The highest BCUT2D eigenvalue weighted by molar-refractivity contribution is 5.81. The predicted octanol–water partition coefficient (Wildman–Crippen LogP) is 3.15. The van der Waals surface area contributed by atoms with Gasteiger partial charge in [-0.3, -0.25) is 10.1 Å². The summed E-state index contributed by atoms with van der Waals surface area (Å²) in [7, 11) is 1.65. The Labute approximate surface area is 158 Å². The summed E-state index contributed by atoms with van der Waals surface area (Å²) in [4.78, 5) is 22.6. The van der Waals surface area contributed by atoms with Crippen molar-refractivity contribution in [2.45, 2.75) is 0 Å². The predicted molar refractivity (Wildman–Crippen MR) is 103 cm³/mol. The molecule has 0 aliphatic carbocycles. The molecule has 10 nitrogen and oxygen atoms in total. The number of aromatic nitrogens is 3. The normalized spacial score (nSPS) is 10.6. The van der Waals surface area contributed by atoms with Gasteiger partial charge < -0.3 is 10.6 Å². The molecule has 0 spiro atoms. The van der Waals surface area contributed by atoms with E-state index in [0.717, 1.165) is 30.1 Å². The van der Waals surface area contributed by atoms with Crippen LogP contribution in [0, 0.1) is 15.9 Å². The summed E-state index contributed by atoms with van der Waals surface area (Å²) in [6.07, 6.45) is 1.11. The molecule has 0 amide bonds. The molecule has 0 saturated carbocycles. The number of anilines is 4. The number of rotatable bonds is 7. The molecule has 3 N–H and O–H groups in total. The minimum atomic E-state index is -0.644. The van der Waals surface area contributed by atoms with Crippen LogP contribution in [0.25, 0.3) is 0 Å². The van der Waals surface area contributed by atoms with E-state index < -0.39 is 10.7 Å². The van der Waals surface area contributed by atoms with Gasteiger partial charge in [-0.25, -0.2) is 9.82 Å². The first-order valence-electron chi connectivity index (χ1n) is 8.04. The molecule has 11 heteroatoms. The topological polar surface area (TPSA) is 130 Å². The highest BCUT2D eigenvalue weighted by atomic mass is 19.1. The number of non-ortho nitro benzene ring substituents is 1. The van der Waals surface area contributed by atoms with Crippen LogP contribution in [0.5, 0.6) is 0 Å². The van der Waals surface area contributed by atoms with Crippen molar-refractivity contribution in [3.05, 3.63) is 70.0 Å². The zero-order valence-corrected chi connectivity index (χ0v) is 14.6. The summed E-state index contributed by atoms with van der Waals surface area (Å²) in [5, 5.41) is 20.5. The van der Waals surface area contributed by atoms with Crippen molar-refractivity contribution >= 4 is 35.4 Å². The third-order valence-electron chi connectivity index (χ3n) is 3.45. The number of hydrogen-bond donors (Lipinski definition) is 3. The molecule has 0 unspecified atom stereocenters. The fourth-order valence-corrected chi connectivity index (χ4v) is 2.15. The Morgan fingerprint density at radius 1 is 1.07 bits per heavy atom. The molecule has 1 aromatic heterocycles. The number of nitrogens with zero attached hydrogens (tertiary/aromatic N) is 5. The van der Waals surface area contributed by atoms with Crippen LogP contribution in [0.3, 0.4) is 0 Å². The molecule has 142 valence electrons. The maximum Gasteiger partial charge on any atom is 0.270 e. The highest BCUT2D eigenvalue weighted by Gasteiger charge is 2.10. The molecule has 3 rings (SSSR count). The number of halogens is 1. The van der Waals surface area contributed by atoms with Gasteiger partial charge in [0.2, 0.25) is 17.8 Å². The summed E-state index contributed by atoms with van der Waals surface area (Å²) >= 11 is 0. The van der Waals surface area contributed by atoms with Gasteiger partial charge in [0.1, 0.15) is 5.82 Å². The van der Waals surface area contributed by atoms with Gasteiger partial charge >= 0.3 is 0 Å². The smallest absolute Gasteiger partial charge is 0.270 e. The van der Waals surface area contributed by atoms with E-state index in [0.29, 0.717) is 0 Å². The van der Waals surface area contributed by atoms with Gasteiger partial charge in [-0.15, -0.1) is 0 Å². The Kier molecular flexibility index (Phi) is 5.65. The van der Waals surface area contributed by atoms with Gasteiger partial charge in [0, 0.05) is 30.4 Å². The summed E-state index contributed by atoms with van der Waals surface area (Å²) in [5.74, 6) is 0.00598. The van der Waals surface area contributed by atoms with E-state index in [4.69, 9.17) is 0 Å². The Morgan fingerprint density at radius 3 is 2.50 bits per heavy atom. The lowest BCUT2D eigenvalue weighted by molar-refractivity contribution is -0.384. The van der Waals surface area contributed by atoms with Crippen LogP contribution in [0.4, 0.5) is 33.6 Å². The Bertz CT molecular complexity index is 1010. The van der Waals surface area contributed by atoms with Gasteiger partial charge in [0.25, 0.3) is 5.69 Å². The van der Waals surface area contributed by atoms with Crippen molar-refractivity contribution in [2.24, 2.45) is 5.10 Å². The van der Waals surface area contributed by atoms with E-state index >= 15 is 0 Å². The van der Waals surface area contributed by atoms with Gasteiger partial charge in [-0.05, 0) is 18.2 Å². The Hall–Kier alpha value is -4.15. The third-order valence-corrected chi connectivity index (χ3v) is 3.45. The van der Waals surface area contributed by atoms with E-state index in [1.54, 1.807) is 7.05 Å². The molecule has 3 aromatic rings. The molecular weight excluding hydrogens is 367 g/mol. The molecule has 0 bridgehead atoms. The standard InChI is InChI=1S/C17H15FN8O2/c1-19-15-22-16(21-12-5-3-2-4-6-12)24-17(23-15)25-20-10-11-9-13(26(27)28)7-8-14(11)18/h2-10H,1H3,(H3,19,21,22,23,24,25)/b20-10+. The second-order valence-electron chi connectivity index (χ2n) is 5.38. The van der Waals surface area contributed by atoms with Crippen molar-refractivity contribution in [3.8, 4) is 0 Å².